The summed E-state index contributed by atoms with van der Waals surface area (Å²) in [4.78, 5) is 0. The second kappa shape index (κ2) is 402. The van der Waals surface area contributed by atoms with E-state index < -0.39 is 0 Å². The number of hydrogen-bond donors (Lipinski definition) is 2. The molecule has 3 heteroatoms. The second-order valence-electron chi connectivity index (χ2n) is 0. The van der Waals surface area contributed by atoms with Crippen LogP contribution in [0.15, 0.2) is 13.2 Å². The second-order valence-corrected chi connectivity index (χ2v) is 0. The van der Waals surface area contributed by atoms with Crippen molar-refractivity contribution in [3.63, 3.8) is 0 Å². The summed E-state index contributed by atoms with van der Waals surface area (Å²) in [5, 5.41) is 0. The normalized spacial score (nSPS) is 0.800. The Morgan fingerprint density at radius 3 is 0.800 bits per heavy atom. The summed E-state index contributed by atoms with van der Waals surface area (Å²) < 4.78 is 0. The molecule has 6 N–H and O–H groups in total. The SMILES string of the molecule is C=C.N.N.[Pt+2]. The summed E-state index contributed by atoms with van der Waals surface area (Å²) in [5.74, 6) is 0. The molecule has 5 heavy (non-hydrogen) atoms. The van der Waals surface area contributed by atoms with E-state index in [0.717, 1.165) is 0 Å². The zero-order valence-electron chi connectivity index (χ0n) is 3.14. The molecule has 0 fully saturated rings. The van der Waals surface area contributed by atoms with Crippen LogP contribution in [0.4, 0.5) is 0 Å². The summed E-state index contributed by atoms with van der Waals surface area (Å²) >= 11 is 0. The fourth-order valence-electron chi connectivity index (χ4n) is 0. The van der Waals surface area contributed by atoms with Crippen LogP contribution in [-0.4, -0.2) is 0 Å². The molecule has 0 spiro atoms. The van der Waals surface area contributed by atoms with Crippen molar-refractivity contribution >= 4 is 0 Å². The van der Waals surface area contributed by atoms with Crippen molar-refractivity contribution < 1.29 is 21.1 Å². The predicted molar refractivity (Wildman–Crippen MR) is 21.3 cm³/mol. The van der Waals surface area contributed by atoms with Crippen LogP contribution in [0.1, 0.15) is 0 Å². The molecule has 0 saturated heterocycles. The molecule has 0 atom stereocenters. The van der Waals surface area contributed by atoms with Crippen molar-refractivity contribution in [1.82, 2.24) is 12.3 Å². The van der Waals surface area contributed by atoms with E-state index in [-0.39, 0.29) is 33.4 Å². The molecule has 0 aromatic rings. The molecule has 0 aromatic carbocycles. The van der Waals surface area contributed by atoms with E-state index in [0.29, 0.717) is 0 Å². The smallest absolute Gasteiger partial charge is 0.344 e. The van der Waals surface area contributed by atoms with E-state index in [2.05, 4.69) is 13.2 Å². The molecule has 0 rings (SSSR count). The summed E-state index contributed by atoms with van der Waals surface area (Å²) in [6, 6.07) is 0. The van der Waals surface area contributed by atoms with E-state index in [1.807, 2.05) is 0 Å². The largest absolute Gasteiger partial charge is 2.00 e. The molecule has 36 valence electrons. The topological polar surface area (TPSA) is 70.0 Å². The van der Waals surface area contributed by atoms with Gasteiger partial charge in [-0.15, -0.1) is 13.2 Å². The molecule has 0 unspecified atom stereocenters. The minimum absolute atomic E-state index is 0. The Morgan fingerprint density at radius 1 is 0.800 bits per heavy atom. The van der Waals surface area contributed by atoms with Gasteiger partial charge in [0.1, 0.15) is 0 Å². The van der Waals surface area contributed by atoms with Gasteiger partial charge in [-0.2, -0.15) is 0 Å². The summed E-state index contributed by atoms with van der Waals surface area (Å²) in [6.45, 7) is 6.00. The molecule has 0 heterocycles. The van der Waals surface area contributed by atoms with Gasteiger partial charge in [0, 0.05) is 0 Å². The van der Waals surface area contributed by atoms with Gasteiger partial charge in [0.15, 0.2) is 0 Å². The zero-order chi connectivity index (χ0) is 2.00. The van der Waals surface area contributed by atoms with Crippen molar-refractivity contribution in [2.24, 2.45) is 0 Å². The van der Waals surface area contributed by atoms with Crippen LogP contribution in [0.25, 0.3) is 0 Å². The Labute approximate surface area is 47.1 Å². The fourth-order valence-corrected chi connectivity index (χ4v) is 0. The Hall–Kier alpha value is 0.348. The maximum atomic E-state index is 3.00. The third-order valence-electron chi connectivity index (χ3n) is 0. The van der Waals surface area contributed by atoms with Gasteiger partial charge in [-0.1, -0.05) is 0 Å². The van der Waals surface area contributed by atoms with Crippen molar-refractivity contribution in [1.29, 1.82) is 0 Å². The van der Waals surface area contributed by atoms with Gasteiger partial charge in [-0.3, -0.25) is 0 Å². The molecule has 0 aliphatic carbocycles. The van der Waals surface area contributed by atoms with Crippen LogP contribution >= 0.6 is 0 Å². The first kappa shape index (κ1) is 55.6. The maximum Gasteiger partial charge on any atom is 2.00 e. The summed E-state index contributed by atoms with van der Waals surface area (Å²) in [6.07, 6.45) is 0. The predicted octanol–water partition coefficient (Wildman–Crippen LogP) is 1.12. The first-order chi connectivity index (χ1) is 1.00. The monoisotopic (exact) mass is 257 g/mol. The van der Waals surface area contributed by atoms with E-state index >= 15 is 0 Å². The molecule has 0 aliphatic rings. The molecule has 0 radical (unpaired) electrons. The van der Waals surface area contributed by atoms with Crippen molar-refractivity contribution in [2.75, 3.05) is 0 Å². The standard InChI is InChI=1S/C2H4.2H3N.Pt/c1-2;;;/h1-2H2;2*1H3;/q;;;+2. The van der Waals surface area contributed by atoms with Gasteiger partial charge < -0.3 is 12.3 Å². The summed E-state index contributed by atoms with van der Waals surface area (Å²) in [5.41, 5.74) is 0. The van der Waals surface area contributed by atoms with Crippen LogP contribution in [0.3, 0.4) is 0 Å². The van der Waals surface area contributed by atoms with Crippen molar-refractivity contribution in [2.45, 2.75) is 0 Å². The van der Waals surface area contributed by atoms with Crippen LogP contribution in [-0.2, 0) is 21.1 Å². The average molecular weight is 257 g/mol. The van der Waals surface area contributed by atoms with Crippen LogP contribution < -0.4 is 12.3 Å². The van der Waals surface area contributed by atoms with Crippen molar-refractivity contribution in [3.05, 3.63) is 13.2 Å². The van der Waals surface area contributed by atoms with Crippen LogP contribution in [0.2, 0.25) is 0 Å². The maximum absolute atomic E-state index is 3.00. The van der Waals surface area contributed by atoms with E-state index in [1.165, 1.54) is 0 Å². The van der Waals surface area contributed by atoms with Gasteiger partial charge in [0.25, 0.3) is 0 Å². The van der Waals surface area contributed by atoms with Crippen molar-refractivity contribution in [3.8, 4) is 0 Å². The fraction of sp³-hybridized carbons (Fsp3) is 0. The molecule has 0 amide bonds. The number of hydrogen-bond acceptors (Lipinski definition) is 2. The molecular weight excluding hydrogens is 247 g/mol. The van der Waals surface area contributed by atoms with Crippen LogP contribution in [0.5, 0.6) is 0 Å². The van der Waals surface area contributed by atoms with Gasteiger partial charge in [0.05, 0.1) is 0 Å². The quantitative estimate of drug-likeness (QED) is 0.638. The Balaban J connectivity index is -0.00000000167. The van der Waals surface area contributed by atoms with E-state index in [4.69, 9.17) is 0 Å². The molecule has 2 nitrogen and oxygen atoms in total. The third kappa shape index (κ3) is 198. The number of rotatable bonds is 0. The summed E-state index contributed by atoms with van der Waals surface area (Å²) in [7, 11) is 0. The van der Waals surface area contributed by atoms with Gasteiger partial charge in [-0.25, -0.2) is 0 Å². The Kier molecular flexibility index (Phi) is 4470. The third-order valence-corrected chi connectivity index (χ3v) is 0. The Bertz CT molecular complexity index is 7.61. The Morgan fingerprint density at radius 2 is 0.800 bits per heavy atom. The van der Waals surface area contributed by atoms with E-state index in [1.54, 1.807) is 0 Å². The molecule has 0 bridgehead atoms. The average Bonchev–Trinajstić information content (AvgIpc) is 1.00. The minimum Gasteiger partial charge on any atom is -0.344 e. The van der Waals surface area contributed by atoms with E-state index in [9.17, 15) is 0 Å². The molecule has 0 aromatic heterocycles. The minimum atomic E-state index is 0. The van der Waals surface area contributed by atoms with Crippen LogP contribution in [0, 0.1) is 0 Å². The zero-order valence-corrected chi connectivity index (χ0v) is 5.42. The van der Waals surface area contributed by atoms with Gasteiger partial charge in [0.2, 0.25) is 0 Å². The molecule has 0 saturated carbocycles. The first-order valence-electron chi connectivity index (χ1n) is 0.500. The molecule has 0 aliphatic heterocycles. The first-order valence-corrected chi connectivity index (χ1v) is 0.500. The molecular formula is C2H10N2Pt+2. The van der Waals surface area contributed by atoms with Gasteiger partial charge in [-0.05, 0) is 0 Å². The van der Waals surface area contributed by atoms with Gasteiger partial charge >= 0.3 is 21.1 Å².